The van der Waals surface area contributed by atoms with Crippen molar-refractivity contribution in [3.63, 3.8) is 0 Å². The first-order valence-electron chi connectivity index (χ1n) is 8.62. The third kappa shape index (κ3) is 2.69. The molecule has 0 spiro atoms. The molecular formula is C22H15FN4. The lowest BCUT2D eigenvalue weighted by Crippen LogP contribution is -1.98. The van der Waals surface area contributed by atoms with Crippen LogP contribution in [0.5, 0.6) is 0 Å². The molecule has 3 aromatic carbocycles. The maximum absolute atomic E-state index is 13.3. The number of imidazole rings is 1. The fourth-order valence-corrected chi connectivity index (χ4v) is 3.27. The summed E-state index contributed by atoms with van der Waals surface area (Å²) >= 11 is 0. The monoisotopic (exact) mass is 354 g/mol. The Morgan fingerprint density at radius 2 is 1.59 bits per heavy atom. The van der Waals surface area contributed by atoms with Gasteiger partial charge in [0.05, 0.1) is 28.6 Å². The van der Waals surface area contributed by atoms with E-state index in [1.807, 2.05) is 57.8 Å². The minimum atomic E-state index is -0.254. The number of rotatable bonds is 3. The summed E-state index contributed by atoms with van der Waals surface area (Å²) in [6.45, 7) is 0. The van der Waals surface area contributed by atoms with Gasteiger partial charge in [-0.15, -0.1) is 0 Å². The van der Waals surface area contributed by atoms with Crippen LogP contribution in [0.4, 0.5) is 4.39 Å². The van der Waals surface area contributed by atoms with Crippen molar-refractivity contribution >= 4 is 11.0 Å². The summed E-state index contributed by atoms with van der Waals surface area (Å²) in [6.07, 6.45) is 3.56. The molecule has 5 heteroatoms. The van der Waals surface area contributed by atoms with E-state index in [4.69, 9.17) is 0 Å². The van der Waals surface area contributed by atoms with Gasteiger partial charge in [-0.1, -0.05) is 24.3 Å². The molecule has 0 saturated heterocycles. The van der Waals surface area contributed by atoms with E-state index >= 15 is 0 Å². The van der Waals surface area contributed by atoms with Crippen molar-refractivity contribution in [2.75, 3.05) is 0 Å². The first kappa shape index (κ1) is 15.5. The Hall–Kier alpha value is -3.73. The second-order valence-corrected chi connectivity index (χ2v) is 6.26. The van der Waals surface area contributed by atoms with Crippen LogP contribution in [0.2, 0.25) is 0 Å². The third-order valence-electron chi connectivity index (χ3n) is 4.59. The lowest BCUT2D eigenvalue weighted by atomic mass is 10.1. The van der Waals surface area contributed by atoms with E-state index in [1.165, 1.54) is 12.1 Å². The van der Waals surface area contributed by atoms with Gasteiger partial charge >= 0.3 is 0 Å². The number of para-hydroxylation sites is 1. The molecule has 0 amide bonds. The van der Waals surface area contributed by atoms with Crippen molar-refractivity contribution < 1.29 is 4.39 Å². The van der Waals surface area contributed by atoms with Gasteiger partial charge in [0, 0.05) is 11.3 Å². The Morgan fingerprint density at radius 1 is 0.778 bits per heavy atom. The fraction of sp³-hybridized carbons (Fsp3) is 0. The SMILES string of the molecule is Fc1ccc(-n2cnc3ccc(-c4ccnn4-c4ccccc4)cc32)cc1. The van der Waals surface area contributed by atoms with Crippen molar-refractivity contribution in [2.24, 2.45) is 0 Å². The number of fused-ring (bicyclic) bond motifs is 1. The van der Waals surface area contributed by atoms with E-state index < -0.39 is 0 Å². The van der Waals surface area contributed by atoms with E-state index in [1.54, 1.807) is 24.7 Å². The summed E-state index contributed by atoms with van der Waals surface area (Å²) in [5.41, 5.74) is 5.74. The quantitative estimate of drug-likeness (QED) is 0.456. The zero-order valence-electron chi connectivity index (χ0n) is 14.3. The van der Waals surface area contributed by atoms with Gasteiger partial charge in [-0.25, -0.2) is 14.1 Å². The van der Waals surface area contributed by atoms with Crippen molar-refractivity contribution in [2.45, 2.75) is 0 Å². The van der Waals surface area contributed by atoms with Gasteiger partial charge in [-0.2, -0.15) is 5.10 Å². The Morgan fingerprint density at radius 3 is 2.41 bits per heavy atom. The molecule has 0 bridgehead atoms. The van der Waals surface area contributed by atoms with Gasteiger partial charge in [0.25, 0.3) is 0 Å². The summed E-state index contributed by atoms with van der Waals surface area (Å²) in [4.78, 5) is 4.47. The normalized spacial score (nSPS) is 11.1. The van der Waals surface area contributed by atoms with Crippen LogP contribution in [0.25, 0.3) is 33.7 Å². The van der Waals surface area contributed by atoms with Crippen LogP contribution < -0.4 is 0 Å². The second-order valence-electron chi connectivity index (χ2n) is 6.26. The van der Waals surface area contributed by atoms with E-state index in [9.17, 15) is 4.39 Å². The minimum Gasteiger partial charge on any atom is -0.299 e. The molecule has 5 rings (SSSR count). The number of aromatic nitrogens is 4. The number of nitrogens with zero attached hydrogens (tertiary/aromatic N) is 4. The minimum absolute atomic E-state index is 0.254. The van der Waals surface area contributed by atoms with Crippen LogP contribution in [0.3, 0.4) is 0 Å². The first-order valence-corrected chi connectivity index (χ1v) is 8.62. The molecule has 0 unspecified atom stereocenters. The molecule has 0 aliphatic rings. The fourth-order valence-electron chi connectivity index (χ4n) is 3.27. The van der Waals surface area contributed by atoms with Crippen molar-refractivity contribution in [3.8, 4) is 22.6 Å². The third-order valence-corrected chi connectivity index (χ3v) is 4.59. The highest BCUT2D eigenvalue weighted by Gasteiger charge is 2.11. The highest BCUT2D eigenvalue weighted by Crippen LogP contribution is 2.27. The largest absolute Gasteiger partial charge is 0.299 e. The topological polar surface area (TPSA) is 35.6 Å². The predicted octanol–water partition coefficient (Wildman–Crippen LogP) is 5.02. The number of halogens is 1. The molecule has 0 saturated carbocycles. The summed E-state index contributed by atoms with van der Waals surface area (Å²) in [7, 11) is 0. The maximum atomic E-state index is 13.3. The number of benzene rings is 3. The predicted molar refractivity (Wildman–Crippen MR) is 104 cm³/mol. The standard InChI is InChI=1S/C22H15FN4/c23-17-7-9-18(10-8-17)26-15-24-20-11-6-16(14-22(20)26)21-12-13-25-27(21)19-4-2-1-3-5-19/h1-15H. The van der Waals surface area contributed by atoms with Crippen LogP contribution >= 0.6 is 0 Å². The zero-order chi connectivity index (χ0) is 18.2. The van der Waals surface area contributed by atoms with Gasteiger partial charge in [0.2, 0.25) is 0 Å². The molecule has 0 fully saturated rings. The van der Waals surface area contributed by atoms with Crippen LogP contribution in [0.15, 0.2) is 91.4 Å². The van der Waals surface area contributed by atoms with Crippen molar-refractivity contribution in [3.05, 3.63) is 97.2 Å². The summed E-state index contributed by atoms with van der Waals surface area (Å²) < 4.78 is 17.1. The molecule has 0 atom stereocenters. The van der Waals surface area contributed by atoms with Crippen LogP contribution in [-0.2, 0) is 0 Å². The molecular weight excluding hydrogens is 339 g/mol. The van der Waals surface area contributed by atoms with Gasteiger partial charge < -0.3 is 0 Å². The van der Waals surface area contributed by atoms with Crippen LogP contribution in [0, 0.1) is 5.82 Å². The zero-order valence-corrected chi connectivity index (χ0v) is 14.3. The molecule has 130 valence electrons. The van der Waals surface area contributed by atoms with Gasteiger partial charge in [-0.3, -0.25) is 4.57 Å². The number of hydrogen-bond donors (Lipinski definition) is 0. The van der Waals surface area contributed by atoms with Gasteiger partial charge in [0.15, 0.2) is 0 Å². The van der Waals surface area contributed by atoms with E-state index in [0.717, 1.165) is 33.7 Å². The summed E-state index contributed by atoms with van der Waals surface area (Å²) in [5.74, 6) is -0.254. The van der Waals surface area contributed by atoms with Gasteiger partial charge in [-0.05, 0) is 54.6 Å². The van der Waals surface area contributed by atoms with Crippen LogP contribution in [0.1, 0.15) is 0 Å². The van der Waals surface area contributed by atoms with E-state index in [-0.39, 0.29) is 5.82 Å². The molecule has 2 heterocycles. The van der Waals surface area contributed by atoms with E-state index in [2.05, 4.69) is 16.1 Å². The first-order chi connectivity index (χ1) is 13.3. The molecule has 0 radical (unpaired) electrons. The molecule has 4 nitrogen and oxygen atoms in total. The van der Waals surface area contributed by atoms with E-state index in [0.29, 0.717) is 0 Å². The second kappa shape index (κ2) is 6.21. The molecule has 0 aliphatic heterocycles. The average Bonchev–Trinajstić information content (AvgIpc) is 3.36. The summed E-state index contributed by atoms with van der Waals surface area (Å²) in [6, 6.07) is 24.5. The maximum Gasteiger partial charge on any atom is 0.123 e. The average molecular weight is 354 g/mol. The Kier molecular flexibility index (Phi) is 3.57. The Labute approximate surface area is 155 Å². The molecule has 0 aliphatic carbocycles. The van der Waals surface area contributed by atoms with Crippen molar-refractivity contribution in [1.82, 2.24) is 19.3 Å². The van der Waals surface area contributed by atoms with Crippen molar-refractivity contribution in [1.29, 1.82) is 0 Å². The van der Waals surface area contributed by atoms with Crippen LogP contribution in [-0.4, -0.2) is 19.3 Å². The molecule has 2 aromatic heterocycles. The molecule has 27 heavy (non-hydrogen) atoms. The Bertz CT molecular complexity index is 1220. The Balaban J connectivity index is 1.65. The highest BCUT2D eigenvalue weighted by atomic mass is 19.1. The lowest BCUT2D eigenvalue weighted by molar-refractivity contribution is 0.627. The smallest absolute Gasteiger partial charge is 0.123 e. The summed E-state index contributed by atoms with van der Waals surface area (Å²) in [5, 5.41) is 4.47. The highest BCUT2D eigenvalue weighted by molar-refractivity contribution is 5.83. The lowest BCUT2D eigenvalue weighted by Gasteiger charge is -2.09. The van der Waals surface area contributed by atoms with Gasteiger partial charge in [0.1, 0.15) is 12.1 Å². The number of hydrogen-bond acceptors (Lipinski definition) is 2. The molecule has 5 aromatic rings. The molecule has 0 N–H and O–H groups in total.